The van der Waals surface area contributed by atoms with E-state index in [9.17, 15) is 9.59 Å². The molecule has 2 fully saturated rings. The molecule has 0 radical (unpaired) electrons. The van der Waals surface area contributed by atoms with Crippen LogP contribution in [-0.2, 0) is 16.1 Å². The molecule has 1 atom stereocenters. The fourth-order valence-electron chi connectivity index (χ4n) is 5.56. The van der Waals surface area contributed by atoms with Gasteiger partial charge in [0.25, 0.3) is 0 Å². The zero-order chi connectivity index (χ0) is 25.2. The van der Waals surface area contributed by atoms with Crippen molar-refractivity contribution in [2.45, 2.75) is 84.8 Å². The van der Waals surface area contributed by atoms with Crippen LogP contribution in [0.25, 0.3) is 5.82 Å². The second-order valence-electron chi connectivity index (χ2n) is 10.6. The van der Waals surface area contributed by atoms with E-state index in [1.165, 1.54) is 5.56 Å². The van der Waals surface area contributed by atoms with Gasteiger partial charge < -0.3 is 10.2 Å². The molecular formula is C27H42Cl2N6O2. The van der Waals surface area contributed by atoms with Gasteiger partial charge in [-0.15, -0.1) is 24.8 Å². The summed E-state index contributed by atoms with van der Waals surface area (Å²) in [6.45, 7) is 13.4. The summed E-state index contributed by atoms with van der Waals surface area (Å²) < 4.78 is 1.91. The summed E-state index contributed by atoms with van der Waals surface area (Å²) in [7, 11) is 0. The van der Waals surface area contributed by atoms with Gasteiger partial charge >= 0.3 is 0 Å². The number of aryl methyl sites for hydroxylation is 1. The molecule has 206 valence electrons. The first kappa shape index (κ1) is 31.1. The molecule has 10 heteroatoms. The first-order valence-corrected chi connectivity index (χ1v) is 13.1. The van der Waals surface area contributed by atoms with Crippen LogP contribution in [0.2, 0.25) is 0 Å². The van der Waals surface area contributed by atoms with Crippen LogP contribution in [0.1, 0.15) is 69.8 Å². The van der Waals surface area contributed by atoms with Gasteiger partial charge in [0, 0.05) is 43.6 Å². The number of nitrogens with one attached hydrogen (secondary N) is 1. The molecule has 37 heavy (non-hydrogen) atoms. The fraction of sp³-hybridized carbons (Fsp3) is 0.630. The van der Waals surface area contributed by atoms with Crippen molar-refractivity contribution < 1.29 is 9.59 Å². The molecule has 8 nitrogen and oxygen atoms in total. The largest absolute Gasteiger partial charge is 0.342 e. The Morgan fingerprint density at radius 3 is 2.43 bits per heavy atom. The average Bonchev–Trinajstić information content (AvgIpc) is 3.12. The van der Waals surface area contributed by atoms with E-state index in [2.05, 4.69) is 42.9 Å². The third kappa shape index (κ3) is 6.29. The number of amides is 2. The lowest BCUT2D eigenvalue weighted by Crippen LogP contribution is -2.73. The average molecular weight is 554 g/mol. The van der Waals surface area contributed by atoms with E-state index >= 15 is 0 Å². The summed E-state index contributed by atoms with van der Waals surface area (Å²) in [6.07, 6.45) is 5.71. The normalized spacial score (nSPS) is 19.5. The van der Waals surface area contributed by atoms with Crippen molar-refractivity contribution in [1.29, 1.82) is 0 Å². The second kappa shape index (κ2) is 13.1. The summed E-state index contributed by atoms with van der Waals surface area (Å²) in [5.74, 6) is 1.31. The van der Waals surface area contributed by atoms with Crippen LogP contribution in [0.3, 0.4) is 0 Å². The lowest BCUT2D eigenvalue weighted by molar-refractivity contribution is -0.161. The highest BCUT2D eigenvalue weighted by molar-refractivity contribution is 6.00. The monoisotopic (exact) mass is 552 g/mol. The quantitative estimate of drug-likeness (QED) is 0.529. The summed E-state index contributed by atoms with van der Waals surface area (Å²) in [4.78, 5) is 35.7. The summed E-state index contributed by atoms with van der Waals surface area (Å²) in [6, 6.07) is 5.44. The van der Waals surface area contributed by atoms with Crippen molar-refractivity contribution in [2.24, 2.45) is 5.92 Å². The van der Waals surface area contributed by atoms with Crippen molar-refractivity contribution >= 4 is 36.6 Å². The number of pyridine rings is 1. The number of carbonyl (C=O) groups excluding carboxylic acids is 2. The Labute approximate surface area is 233 Å². The minimum absolute atomic E-state index is 0. The topological polar surface area (TPSA) is 83.4 Å². The van der Waals surface area contributed by atoms with E-state index < -0.39 is 11.6 Å². The Balaban J connectivity index is 0.00000241. The summed E-state index contributed by atoms with van der Waals surface area (Å²) in [5.41, 5.74) is 2.57. The maximum atomic E-state index is 13.5. The molecule has 2 amide bonds. The zero-order valence-electron chi connectivity index (χ0n) is 22.7. The molecule has 0 bridgehead atoms. The smallest absolute Gasteiger partial charge is 0.246 e. The Hall–Kier alpha value is -2.16. The van der Waals surface area contributed by atoms with Crippen LogP contribution in [0.15, 0.2) is 24.4 Å². The van der Waals surface area contributed by atoms with E-state index in [1.807, 2.05) is 34.7 Å². The predicted molar refractivity (Wildman–Crippen MR) is 151 cm³/mol. The molecule has 0 aromatic carbocycles. The van der Waals surface area contributed by atoms with Gasteiger partial charge in [0.15, 0.2) is 5.82 Å². The Morgan fingerprint density at radius 2 is 1.84 bits per heavy atom. The zero-order valence-corrected chi connectivity index (χ0v) is 24.3. The lowest BCUT2D eigenvalue weighted by atomic mass is 9.80. The van der Waals surface area contributed by atoms with Crippen molar-refractivity contribution in [3.8, 4) is 5.82 Å². The van der Waals surface area contributed by atoms with Gasteiger partial charge in [-0.1, -0.05) is 33.3 Å². The van der Waals surface area contributed by atoms with Gasteiger partial charge in [-0.2, -0.15) is 5.10 Å². The van der Waals surface area contributed by atoms with Gasteiger partial charge in [0.2, 0.25) is 11.8 Å². The second-order valence-corrected chi connectivity index (χ2v) is 10.6. The first-order chi connectivity index (χ1) is 16.8. The standard InChI is InChI=1S/C27H40N6O2.2ClH/c1-6-7-14-32-25(34)23(17-19(2)3)29-26(35)27(32)11-15-31(16-12-27)18-22-20(4)30-33(21(22)5)24-10-8-9-13-28-24;;/h8-10,13,19,23H,6-7,11-12,14-18H2,1-5H3,(H,29,35);2*1H/t23-;;/m0../s1. The number of hydrogen-bond acceptors (Lipinski definition) is 5. The van der Waals surface area contributed by atoms with Gasteiger partial charge in [-0.3, -0.25) is 14.5 Å². The molecule has 4 rings (SSSR count). The Morgan fingerprint density at radius 1 is 1.14 bits per heavy atom. The molecule has 2 aromatic rings. The third-order valence-corrected chi connectivity index (χ3v) is 7.62. The molecule has 2 aliphatic heterocycles. The third-order valence-electron chi connectivity index (χ3n) is 7.62. The fourth-order valence-corrected chi connectivity index (χ4v) is 5.56. The molecule has 0 unspecified atom stereocenters. The number of piperazine rings is 1. The molecule has 0 aliphatic carbocycles. The maximum Gasteiger partial charge on any atom is 0.246 e. The molecule has 1 spiro atoms. The van der Waals surface area contributed by atoms with Crippen molar-refractivity contribution in [2.75, 3.05) is 19.6 Å². The first-order valence-electron chi connectivity index (χ1n) is 13.1. The highest BCUT2D eigenvalue weighted by atomic mass is 35.5. The number of aromatic nitrogens is 3. The number of unbranched alkanes of at least 4 members (excludes halogenated alkanes) is 1. The van der Waals surface area contributed by atoms with Crippen LogP contribution < -0.4 is 5.32 Å². The molecular weight excluding hydrogens is 511 g/mol. The van der Waals surface area contributed by atoms with Gasteiger partial charge in [0.05, 0.1) is 5.69 Å². The Bertz CT molecular complexity index is 1050. The lowest BCUT2D eigenvalue weighted by Gasteiger charge is -2.52. The number of nitrogens with zero attached hydrogens (tertiary/aromatic N) is 5. The van der Waals surface area contributed by atoms with E-state index in [0.717, 1.165) is 49.7 Å². The number of carbonyl (C=O) groups is 2. The van der Waals surface area contributed by atoms with Crippen LogP contribution in [0.4, 0.5) is 0 Å². The Kier molecular flexibility index (Phi) is 11.0. The van der Waals surface area contributed by atoms with E-state index in [-0.39, 0.29) is 36.6 Å². The van der Waals surface area contributed by atoms with E-state index in [0.29, 0.717) is 31.7 Å². The number of hydrogen-bond donors (Lipinski definition) is 1. The molecule has 2 aliphatic rings. The highest BCUT2D eigenvalue weighted by Gasteiger charge is 2.53. The molecule has 0 saturated carbocycles. The molecule has 4 heterocycles. The molecule has 1 N–H and O–H groups in total. The van der Waals surface area contributed by atoms with Crippen LogP contribution in [-0.4, -0.2) is 67.6 Å². The SMILES string of the molecule is CCCCN1C(=O)[C@H](CC(C)C)NC(=O)C12CCN(Cc1c(C)nn(-c3ccccn3)c1C)CC2.Cl.Cl. The van der Waals surface area contributed by atoms with Gasteiger partial charge in [-0.25, -0.2) is 9.67 Å². The van der Waals surface area contributed by atoms with Crippen LogP contribution in [0, 0.1) is 19.8 Å². The number of halogens is 2. The maximum absolute atomic E-state index is 13.5. The number of piperidine rings is 1. The van der Waals surface area contributed by atoms with Gasteiger partial charge in [0.1, 0.15) is 11.6 Å². The van der Waals surface area contributed by atoms with E-state index in [4.69, 9.17) is 5.10 Å². The van der Waals surface area contributed by atoms with Crippen molar-refractivity contribution in [3.63, 3.8) is 0 Å². The molecule has 2 aromatic heterocycles. The number of likely N-dealkylation sites (tertiary alicyclic amines) is 1. The summed E-state index contributed by atoms with van der Waals surface area (Å²) >= 11 is 0. The highest BCUT2D eigenvalue weighted by Crippen LogP contribution is 2.35. The van der Waals surface area contributed by atoms with Crippen LogP contribution >= 0.6 is 24.8 Å². The summed E-state index contributed by atoms with van der Waals surface area (Å²) in [5, 5.41) is 7.84. The minimum Gasteiger partial charge on any atom is -0.342 e. The van der Waals surface area contributed by atoms with Gasteiger partial charge in [-0.05, 0) is 57.6 Å². The number of rotatable bonds is 8. The molecule has 2 saturated heterocycles. The van der Waals surface area contributed by atoms with E-state index in [1.54, 1.807) is 6.20 Å². The van der Waals surface area contributed by atoms with Crippen molar-refractivity contribution in [3.05, 3.63) is 41.3 Å². The van der Waals surface area contributed by atoms with Crippen molar-refractivity contribution in [1.82, 2.24) is 29.9 Å². The minimum atomic E-state index is -0.724. The van der Waals surface area contributed by atoms with Crippen LogP contribution in [0.5, 0.6) is 0 Å². The predicted octanol–water partition coefficient (Wildman–Crippen LogP) is 4.24.